The minimum atomic E-state index is -0.544. The number of nitrogens with zero attached hydrogens (tertiary/aromatic N) is 1. The average Bonchev–Trinajstić information content (AvgIpc) is 2.12. The number of aliphatic hydroxyl groups excluding tert-OH is 1. The molecule has 1 aromatic heterocycles. The van der Waals surface area contributed by atoms with E-state index in [0.29, 0.717) is 5.76 Å². The first-order valence-corrected chi connectivity index (χ1v) is 2.37. The van der Waals surface area contributed by atoms with E-state index in [1.54, 1.807) is 6.92 Å². The summed E-state index contributed by atoms with van der Waals surface area (Å²) in [5, 5.41) is 8.78. The van der Waals surface area contributed by atoms with Gasteiger partial charge in [-0.1, -0.05) is 0 Å². The van der Waals surface area contributed by atoms with E-state index >= 15 is 0 Å². The van der Waals surface area contributed by atoms with Crippen LogP contribution in [0.5, 0.6) is 0 Å². The van der Waals surface area contributed by atoms with Gasteiger partial charge in [0.15, 0.2) is 12.2 Å². The smallest absolute Gasteiger partial charge is 0.180 e. The van der Waals surface area contributed by atoms with Crippen LogP contribution in [0.1, 0.15) is 18.8 Å². The molecule has 0 bridgehead atoms. The third kappa shape index (κ3) is 0.869. The van der Waals surface area contributed by atoms with Crippen molar-refractivity contribution >= 4 is 0 Å². The lowest BCUT2D eigenvalue weighted by atomic mass is 10.3. The van der Waals surface area contributed by atoms with E-state index in [9.17, 15) is 0 Å². The van der Waals surface area contributed by atoms with E-state index in [1.165, 1.54) is 12.6 Å². The summed E-state index contributed by atoms with van der Waals surface area (Å²) in [6, 6.07) is 0. The molecule has 0 aliphatic carbocycles. The lowest BCUT2D eigenvalue weighted by Gasteiger charge is -1.93. The highest BCUT2D eigenvalue weighted by atomic mass is 16.4. The fraction of sp³-hybridized carbons (Fsp3) is 0.400. The van der Waals surface area contributed by atoms with Crippen LogP contribution in [0.25, 0.3) is 0 Å². The highest BCUT2D eigenvalue weighted by Crippen LogP contribution is 2.08. The normalized spacial score (nSPS) is 13.8. The molecule has 0 radical (unpaired) electrons. The fourth-order valence-corrected chi connectivity index (χ4v) is 0.432. The van der Waals surface area contributed by atoms with E-state index in [0.717, 1.165) is 0 Å². The molecule has 1 unspecified atom stereocenters. The molecule has 8 heavy (non-hydrogen) atoms. The molecule has 1 heterocycles. The zero-order chi connectivity index (χ0) is 5.98. The van der Waals surface area contributed by atoms with Gasteiger partial charge in [0.1, 0.15) is 6.10 Å². The van der Waals surface area contributed by atoms with Gasteiger partial charge < -0.3 is 9.52 Å². The molecule has 0 spiro atoms. The Morgan fingerprint density at radius 2 is 2.62 bits per heavy atom. The summed E-state index contributed by atoms with van der Waals surface area (Å²) in [7, 11) is 0. The third-order valence-electron chi connectivity index (χ3n) is 0.863. The summed E-state index contributed by atoms with van der Waals surface area (Å²) in [6.45, 7) is 1.63. The van der Waals surface area contributed by atoms with Crippen LogP contribution in [0, 0.1) is 0 Å². The highest BCUT2D eigenvalue weighted by molar-refractivity contribution is 4.90. The Bertz CT molecular complexity index is 145. The maximum Gasteiger partial charge on any atom is 0.180 e. The first-order valence-electron chi connectivity index (χ1n) is 2.37. The summed E-state index contributed by atoms with van der Waals surface area (Å²) in [5.74, 6) is 0.505. The Labute approximate surface area is 47.0 Å². The average molecular weight is 113 g/mol. The van der Waals surface area contributed by atoms with Crippen LogP contribution in [-0.4, -0.2) is 10.1 Å². The molecule has 0 saturated heterocycles. The van der Waals surface area contributed by atoms with Gasteiger partial charge in [-0.2, -0.15) is 0 Å². The molecule has 1 rings (SSSR count). The van der Waals surface area contributed by atoms with E-state index in [2.05, 4.69) is 4.98 Å². The number of hydrogen-bond donors (Lipinski definition) is 1. The Kier molecular flexibility index (Phi) is 1.30. The molecule has 0 aliphatic rings. The molecule has 0 amide bonds. The molecule has 1 atom stereocenters. The van der Waals surface area contributed by atoms with Crippen molar-refractivity contribution in [3.8, 4) is 0 Å². The van der Waals surface area contributed by atoms with Crippen LogP contribution >= 0.6 is 0 Å². The highest BCUT2D eigenvalue weighted by Gasteiger charge is 2.01. The molecular weight excluding hydrogens is 106 g/mol. The van der Waals surface area contributed by atoms with Crippen LogP contribution in [0.3, 0.4) is 0 Å². The topological polar surface area (TPSA) is 46.3 Å². The first kappa shape index (κ1) is 5.31. The minimum absolute atomic E-state index is 0.505. The van der Waals surface area contributed by atoms with Crippen molar-refractivity contribution in [2.45, 2.75) is 13.0 Å². The van der Waals surface area contributed by atoms with E-state index < -0.39 is 6.10 Å². The summed E-state index contributed by atoms with van der Waals surface area (Å²) in [4.78, 5) is 3.62. The number of aromatic nitrogens is 1. The molecule has 1 N–H and O–H groups in total. The second kappa shape index (κ2) is 1.96. The van der Waals surface area contributed by atoms with Gasteiger partial charge in [-0.05, 0) is 6.92 Å². The van der Waals surface area contributed by atoms with Gasteiger partial charge >= 0.3 is 0 Å². The van der Waals surface area contributed by atoms with Gasteiger partial charge in [-0.3, -0.25) is 0 Å². The van der Waals surface area contributed by atoms with Crippen LogP contribution in [0.4, 0.5) is 0 Å². The van der Waals surface area contributed by atoms with Crippen molar-refractivity contribution in [3.05, 3.63) is 18.4 Å². The van der Waals surface area contributed by atoms with Crippen LogP contribution < -0.4 is 0 Å². The molecule has 3 heteroatoms. The standard InChI is InChI=1S/C5H7NO2/c1-4(7)5-2-6-3-8-5/h2-4,7H,1H3. The van der Waals surface area contributed by atoms with Crippen LogP contribution in [0.2, 0.25) is 0 Å². The monoisotopic (exact) mass is 113 g/mol. The quantitative estimate of drug-likeness (QED) is 0.583. The van der Waals surface area contributed by atoms with Gasteiger partial charge in [0.05, 0.1) is 6.20 Å². The second-order valence-corrected chi connectivity index (χ2v) is 1.58. The van der Waals surface area contributed by atoms with Crippen molar-refractivity contribution in [1.82, 2.24) is 4.98 Å². The first-order chi connectivity index (χ1) is 3.80. The lowest BCUT2D eigenvalue weighted by molar-refractivity contribution is 0.169. The molecule has 0 fully saturated rings. The summed E-state index contributed by atoms with van der Waals surface area (Å²) in [5.41, 5.74) is 0. The SMILES string of the molecule is CC(O)c1cnco1. The second-order valence-electron chi connectivity index (χ2n) is 1.58. The molecule has 0 aliphatic heterocycles. The zero-order valence-corrected chi connectivity index (χ0v) is 4.53. The molecule has 0 aromatic carbocycles. The Balaban J connectivity index is 2.77. The fourth-order valence-electron chi connectivity index (χ4n) is 0.432. The van der Waals surface area contributed by atoms with Crippen molar-refractivity contribution in [1.29, 1.82) is 0 Å². The number of oxazole rings is 1. The Morgan fingerprint density at radius 3 is 2.88 bits per heavy atom. The predicted octanol–water partition coefficient (Wildman–Crippen LogP) is 0.728. The Hall–Kier alpha value is -0.830. The summed E-state index contributed by atoms with van der Waals surface area (Å²) >= 11 is 0. The summed E-state index contributed by atoms with van der Waals surface area (Å²) < 4.78 is 4.73. The van der Waals surface area contributed by atoms with Crippen LogP contribution in [0.15, 0.2) is 17.0 Å². The van der Waals surface area contributed by atoms with Gasteiger partial charge in [0.2, 0.25) is 0 Å². The summed E-state index contributed by atoms with van der Waals surface area (Å²) in [6.07, 6.45) is 2.24. The van der Waals surface area contributed by atoms with E-state index in [4.69, 9.17) is 9.52 Å². The maximum atomic E-state index is 8.78. The van der Waals surface area contributed by atoms with Gasteiger partial charge in [0, 0.05) is 0 Å². The van der Waals surface area contributed by atoms with Gasteiger partial charge in [-0.15, -0.1) is 0 Å². The van der Waals surface area contributed by atoms with Crippen molar-refractivity contribution in [2.24, 2.45) is 0 Å². The van der Waals surface area contributed by atoms with E-state index in [-0.39, 0.29) is 0 Å². The van der Waals surface area contributed by atoms with Gasteiger partial charge in [-0.25, -0.2) is 4.98 Å². The molecular formula is C5H7NO2. The molecule has 3 nitrogen and oxygen atoms in total. The van der Waals surface area contributed by atoms with E-state index in [1.807, 2.05) is 0 Å². The molecule has 1 aromatic rings. The van der Waals surface area contributed by atoms with Gasteiger partial charge in [0.25, 0.3) is 0 Å². The maximum absolute atomic E-state index is 8.78. The molecule has 44 valence electrons. The van der Waals surface area contributed by atoms with Crippen LogP contribution in [-0.2, 0) is 0 Å². The lowest BCUT2D eigenvalue weighted by Crippen LogP contribution is -1.85. The predicted molar refractivity (Wildman–Crippen MR) is 27.1 cm³/mol. The number of rotatable bonds is 1. The largest absolute Gasteiger partial charge is 0.446 e. The van der Waals surface area contributed by atoms with Crippen molar-refractivity contribution in [2.75, 3.05) is 0 Å². The van der Waals surface area contributed by atoms with Crippen molar-refractivity contribution < 1.29 is 9.52 Å². The minimum Gasteiger partial charge on any atom is -0.446 e. The zero-order valence-electron chi connectivity index (χ0n) is 4.53. The van der Waals surface area contributed by atoms with Crippen molar-refractivity contribution in [3.63, 3.8) is 0 Å². The Morgan fingerprint density at radius 1 is 1.88 bits per heavy atom. The third-order valence-corrected chi connectivity index (χ3v) is 0.863. The number of hydrogen-bond acceptors (Lipinski definition) is 3. The number of aliphatic hydroxyl groups is 1. The molecule has 0 saturated carbocycles.